The second-order valence-electron chi connectivity index (χ2n) is 6.74. The molecule has 152 valence electrons. The fourth-order valence-corrected chi connectivity index (χ4v) is 4.05. The number of ketones is 1. The smallest absolute Gasteiger partial charge is 0.234 e. The average molecular weight is 420 g/mol. The highest BCUT2D eigenvalue weighted by Crippen LogP contribution is 2.27. The van der Waals surface area contributed by atoms with Gasteiger partial charge in [-0.3, -0.25) is 9.10 Å². The zero-order valence-electron chi connectivity index (χ0n) is 16.6. The van der Waals surface area contributed by atoms with E-state index in [1.54, 1.807) is 54.0 Å². The predicted molar refractivity (Wildman–Crippen MR) is 116 cm³/mol. The minimum Gasteiger partial charge on any atom is -0.288 e. The molecule has 0 radical (unpaired) electrons. The lowest BCUT2D eigenvalue weighted by atomic mass is 10.1. The van der Waals surface area contributed by atoms with Crippen molar-refractivity contribution in [3.8, 4) is 11.3 Å². The fraction of sp³-hybridized carbons (Fsp3) is 0.136. The summed E-state index contributed by atoms with van der Waals surface area (Å²) in [5, 5.41) is 4.38. The molecule has 0 N–H and O–H groups in total. The first-order chi connectivity index (χ1) is 14.4. The summed E-state index contributed by atoms with van der Waals surface area (Å²) in [6, 6.07) is 17.9. The van der Waals surface area contributed by atoms with E-state index in [0.717, 1.165) is 5.56 Å². The van der Waals surface area contributed by atoms with E-state index in [4.69, 9.17) is 0 Å². The van der Waals surface area contributed by atoms with Crippen molar-refractivity contribution < 1.29 is 13.2 Å². The van der Waals surface area contributed by atoms with Gasteiger partial charge in [-0.1, -0.05) is 42.5 Å². The molecule has 0 atom stereocenters. The van der Waals surface area contributed by atoms with Crippen molar-refractivity contribution in [2.45, 2.75) is 6.92 Å². The third-order valence-corrected chi connectivity index (χ3v) is 6.74. The Morgan fingerprint density at radius 2 is 1.83 bits per heavy atom. The van der Waals surface area contributed by atoms with E-state index in [1.807, 2.05) is 24.3 Å². The van der Waals surface area contributed by atoms with Crippen LogP contribution in [0.15, 0.2) is 73.1 Å². The third kappa shape index (κ3) is 3.46. The lowest BCUT2D eigenvalue weighted by Crippen LogP contribution is -2.27. The molecular weight excluding hydrogens is 400 g/mol. The van der Waals surface area contributed by atoms with Gasteiger partial charge in [0.1, 0.15) is 0 Å². The SMILES string of the molecule is CCS(=O)(=O)N(C)c1cccc(-c2ccnc3c(C(=O)c4ccccc4)cnn23)c1. The van der Waals surface area contributed by atoms with E-state index in [1.165, 1.54) is 17.5 Å². The summed E-state index contributed by atoms with van der Waals surface area (Å²) in [6.45, 7) is 1.61. The Morgan fingerprint density at radius 1 is 1.07 bits per heavy atom. The van der Waals surface area contributed by atoms with Gasteiger partial charge in [0.25, 0.3) is 0 Å². The van der Waals surface area contributed by atoms with Crippen molar-refractivity contribution in [3.63, 3.8) is 0 Å². The van der Waals surface area contributed by atoms with Crippen molar-refractivity contribution in [1.29, 1.82) is 0 Å². The van der Waals surface area contributed by atoms with Crippen molar-refractivity contribution in [2.75, 3.05) is 17.1 Å². The van der Waals surface area contributed by atoms with Crippen LogP contribution >= 0.6 is 0 Å². The molecule has 0 bridgehead atoms. The van der Waals surface area contributed by atoms with E-state index in [-0.39, 0.29) is 11.5 Å². The summed E-state index contributed by atoms with van der Waals surface area (Å²) in [7, 11) is -1.84. The molecule has 0 amide bonds. The molecule has 0 unspecified atom stereocenters. The van der Waals surface area contributed by atoms with E-state index in [9.17, 15) is 13.2 Å². The molecule has 0 aliphatic rings. The molecule has 7 nitrogen and oxygen atoms in total. The van der Waals surface area contributed by atoms with Crippen LogP contribution in [0.25, 0.3) is 16.9 Å². The summed E-state index contributed by atoms with van der Waals surface area (Å²) < 4.78 is 27.3. The summed E-state index contributed by atoms with van der Waals surface area (Å²) in [5.41, 5.74) is 3.43. The maximum Gasteiger partial charge on any atom is 0.234 e. The van der Waals surface area contributed by atoms with E-state index < -0.39 is 10.0 Å². The minimum atomic E-state index is -3.38. The fourth-order valence-electron chi connectivity index (χ4n) is 3.23. The molecular formula is C22H20N4O3S. The molecule has 30 heavy (non-hydrogen) atoms. The van der Waals surface area contributed by atoms with Gasteiger partial charge in [0, 0.05) is 24.4 Å². The van der Waals surface area contributed by atoms with Crippen LogP contribution in [0.5, 0.6) is 0 Å². The number of hydrogen-bond donors (Lipinski definition) is 0. The average Bonchev–Trinajstić information content (AvgIpc) is 3.23. The zero-order chi connectivity index (χ0) is 21.3. The van der Waals surface area contributed by atoms with Gasteiger partial charge in [0.2, 0.25) is 10.0 Å². The van der Waals surface area contributed by atoms with Gasteiger partial charge in [-0.2, -0.15) is 5.10 Å². The van der Waals surface area contributed by atoms with Crippen molar-refractivity contribution in [1.82, 2.24) is 14.6 Å². The van der Waals surface area contributed by atoms with Crippen LogP contribution in [0.1, 0.15) is 22.8 Å². The van der Waals surface area contributed by atoms with Crippen molar-refractivity contribution in [3.05, 3.63) is 84.2 Å². The van der Waals surface area contributed by atoms with Crippen molar-refractivity contribution >= 4 is 27.1 Å². The van der Waals surface area contributed by atoms with Crippen LogP contribution in [0.4, 0.5) is 5.69 Å². The number of hydrogen-bond acceptors (Lipinski definition) is 5. The second kappa shape index (κ2) is 7.72. The summed E-state index contributed by atoms with van der Waals surface area (Å²) in [5.74, 6) is -0.144. The summed E-state index contributed by atoms with van der Waals surface area (Å²) in [4.78, 5) is 17.2. The molecule has 2 aromatic carbocycles. The lowest BCUT2D eigenvalue weighted by Gasteiger charge is -2.19. The first kappa shape index (κ1) is 19.8. The maximum absolute atomic E-state index is 12.9. The number of sulfonamides is 1. The van der Waals surface area contributed by atoms with Gasteiger partial charge in [0.05, 0.1) is 28.9 Å². The lowest BCUT2D eigenvalue weighted by molar-refractivity contribution is 0.104. The van der Waals surface area contributed by atoms with Crippen LogP contribution in [-0.2, 0) is 10.0 Å². The minimum absolute atomic E-state index is 0.0113. The Morgan fingerprint density at radius 3 is 2.57 bits per heavy atom. The topological polar surface area (TPSA) is 84.6 Å². The number of anilines is 1. The molecule has 0 fully saturated rings. The molecule has 4 rings (SSSR count). The molecule has 0 aliphatic heterocycles. The number of fused-ring (bicyclic) bond motifs is 1. The van der Waals surface area contributed by atoms with Crippen LogP contribution in [-0.4, -0.2) is 41.6 Å². The van der Waals surface area contributed by atoms with Crippen LogP contribution in [0.3, 0.4) is 0 Å². The van der Waals surface area contributed by atoms with Crippen LogP contribution < -0.4 is 4.31 Å². The highest BCUT2D eigenvalue weighted by molar-refractivity contribution is 7.92. The highest BCUT2D eigenvalue weighted by Gasteiger charge is 2.19. The summed E-state index contributed by atoms with van der Waals surface area (Å²) >= 11 is 0. The van der Waals surface area contributed by atoms with Crippen molar-refractivity contribution in [2.24, 2.45) is 0 Å². The monoisotopic (exact) mass is 420 g/mol. The van der Waals surface area contributed by atoms with Gasteiger partial charge in [-0.05, 0) is 25.1 Å². The quantitative estimate of drug-likeness (QED) is 0.446. The number of carbonyl (C=O) groups is 1. The number of aromatic nitrogens is 3. The first-order valence-corrected chi connectivity index (χ1v) is 11.0. The standard InChI is InChI=1S/C22H20N4O3S/c1-3-30(28,29)25(2)18-11-7-10-17(14-18)20-12-13-23-22-19(15-24-26(20)22)21(27)16-8-5-4-6-9-16/h4-15H,3H2,1-2H3. The highest BCUT2D eigenvalue weighted by atomic mass is 32.2. The number of benzene rings is 2. The van der Waals surface area contributed by atoms with Crippen LogP contribution in [0.2, 0.25) is 0 Å². The molecule has 0 saturated heterocycles. The normalized spacial score (nSPS) is 11.5. The molecule has 0 saturated carbocycles. The van der Waals surface area contributed by atoms with E-state index >= 15 is 0 Å². The van der Waals surface area contributed by atoms with Gasteiger partial charge >= 0.3 is 0 Å². The molecule has 0 aliphatic carbocycles. The van der Waals surface area contributed by atoms with Gasteiger partial charge in [0.15, 0.2) is 11.4 Å². The largest absolute Gasteiger partial charge is 0.288 e. The predicted octanol–water partition coefficient (Wildman–Crippen LogP) is 3.41. The number of nitrogens with zero attached hydrogens (tertiary/aromatic N) is 4. The van der Waals surface area contributed by atoms with E-state index in [2.05, 4.69) is 10.1 Å². The Hall–Kier alpha value is -3.52. The Bertz CT molecular complexity index is 1330. The second-order valence-corrected chi connectivity index (χ2v) is 9.03. The number of carbonyl (C=O) groups excluding carboxylic acids is 1. The van der Waals surface area contributed by atoms with Crippen LogP contribution in [0, 0.1) is 0 Å². The molecule has 4 aromatic rings. The molecule has 2 heterocycles. The number of rotatable bonds is 6. The molecule has 8 heteroatoms. The summed E-state index contributed by atoms with van der Waals surface area (Å²) in [6.07, 6.45) is 3.13. The molecule has 0 spiro atoms. The maximum atomic E-state index is 12.9. The third-order valence-electron chi connectivity index (χ3n) is 4.97. The Balaban J connectivity index is 1.79. The zero-order valence-corrected chi connectivity index (χ0v) is 17.4. The van der Waals surface area contributed by atoms with Gasteiger partial charge in [-0.15, -0.1) is 0 Å². The molecule has 2 aromatic heterocycles. The van der Waals surface area contributed by atoms with E-state index in [0.29, 0.717) is 28.2 Å². The Kier molecular flexibility index (Phi) is 5.09. The first-order valence-electron chi connectivity index (χ1n) is 9.42. The van der Waals surface area contributed by atoms with Gasteiger partial charge in [-0.25, -0.2) is 17.9 Å². The Labute approximate surface area is 174 Å². The van der Waals surface area contributed by atoms with Gasteiger partial charge < -0.3 is 0 Å².